The van der Waals surface area contributed by atoms with E-state index in [1.807, 2.05) is 52.8 Å². The summed E-state index contributed by atoms with van der Waals surface area (Å²) in [5.41, 5.74) is 6.56. The number of rotatable bonds is 4. The highest BCUT2D eigenvalue weighted by molar-refractivity contribution is 5.77. The van der Waals surface area contributed by atoms with E-state index in [9.17, 15) is 8.78 Å². The van der Waals surface area contributed by atoms with Crippen molar-refractivity contribution in [3.05, 3.63) is 77.1 Å². The van der Waals surface area contributed by atoms with Crippen molar-refractivity contribution >= 4 is 11.0 Å². The standard InChI is InChI=1S/C12H14F2.C12H14N2.2C2H6/c1-9(2)6-10-4-3-5-11(7-10)8-12(13)14;1-8-3-4-10-11(7-8)14-6-5-9(2)12(14)13-10;2*1-2/h3-5,7,12H,1,6,8H2,2H3;3-4,7,9H,5-6H2,1-2H3;2*1-2H3. The number of imidazole rings is 1. The van der Waals surface area contributed by atoms with E-state index >= 15 is 0 Å². The number of hydrogen-bond donors (Lipinski definition) is 0. The van der Waals surface area contributed by atoms with E-state index < -0.39 is 6.43 Å². The zero-order chi connectivity index (χ0) is 24.3. The lowest BCUT2D eigenvalue weighted by atomic mass is 10.0. The van der Waals surface area contributed by atoms with Crippen molar-refractivity contribution in [3.63, 3.8) is 0 Å². The largest absolute Gasteiger partial charge is 0.328 e. The molecule has 1 aliphatic rings. The van der Waals surface area contributed by atoms with Crippen LogP contribution in [0.5, 0.6) is 0 Å². The highest BCUT2D eigenvalue weighted by Crippen LogP contribution is 2.31. The number of nitrogens with zero attached hydrogens (tertiary/aromatic N) is 2. The second kappa shape index (κ2) is 13.8. The van der Waals surface area contributed by atoms with Gasteiger partial charge in [-0.05, 0) is 55.5 Å². The summed E-state index contributed by atoms with van der Waals surface area (Å²) < 4.78 is 26.6. The third kappa shape index (κ3) is 7.89. The monoisotopic (exact) mass is 442 g/mol. The van der Waals surface area contributed by atoms with Crippen LogP contribution in [-0.2, 0) is 19.4 Å². The minimum absolute atomic E-state index is 0.163. The Morgan fingerprint density at radius 2 is 1.75 bits per heavy atom. The maximum Gasteiger partial charge on any atom is 0.242 e. The van der Waals surface area contributed by atoms with E-state index in [0.717, 1.165) is 29.6 Å². The molecule has 32 heavy (non-hydrogen) atoms. The van der Waals surface area contributed by atoms with Crippen molar-refractivity contribution in [1.82, 2.24) is 9.55 Å². The van der Waals surface area contributed by atoms with Crippen LogP contribution >= 0.6 is 0 Å². The van der Waals surface area contributed by atoms with E-state index in [-0.39, 0.29) is 6.42 Å². The molecule has 176 valence electrons. The van der Waals surface area contributed by atoms with Gasteiger partial charge < -0.3 is 4.57 Å². The molecule has 3 aromatic rings. The van der Waals surface area contributed by atoms with Crippen LogP contribution in [0.25, 0.3) is 11.0 Å². The van der Waals surface area contributed by atoms with E-state index in [1.54, 1.807) is 6.07 Å². The fourth-order valence-electron chi connectivity index (χ4n) is 3.71. The Morgan fingerprint density at radius 1 is 1.09 bits per heavy atom. The quantitative estimate of drug-likeness (QED) is 0.370. The van der Waals surface area contributed by atoms with Gasteiger partial charge in [0.2, 0.25) is 6.43 Å². The van der Waals surface area contributed by atoms with Crippen molar-refractivity contribution < 1.29 is 8.78 Å². The molecule has 2 nitrogen and oxygen atoms in total. The summed E-state index contributed by atoms with van der Waals surface area (Å²) >= 11 is 0. The second-order valence-corrected chi connectivity index (χ2v) is 7.85. The van der Waals surface area contributed by atoms with Crippen LogP contribution in [0, 0.1) is 6.92 Å². The first kappa shape index (κ1) is 27.5. The lowest BCUT2D eigenvalue weighted by molar-refractivity contribution is 0.149. The number of alkyl halides is 2. The van der Waals surface area contributed by atoms with Gasteiger partial charge in [-0.25, -0.2) is 13.8 Å². The number of aromatic nitrogens is 2. The van der Waals surface area contributed by atoms with Gasteiger partial charge in [0, 0.05) is 18.9 Å². The molecule has 0 amide bonds. The first-order valence-corrected chi connectivity index (χ1v) is 11.8. The second-order valence-electron chi connectivity index (χ2n) is 7.85. The molecule has 0 radical (unpaired) electrons. The summed E-state index contributed by atoms with van der Waals surface area (Å²) in [6.45, 7) is 19.3. The van der Waals surface area contributed by atoms with Gasteiger partial charge in [-0.3, -0.25) is 0 Å². The van der Waals surface area contributed by atoms with Crippen LogP contribution in [0.2, 0.25) is 0 Å². The molecule has 0 fully saturated rings. The number of hydrogen-bond acceptors (Lipinski definition) is 1. The van der Waals surface area contributed by atoms with Gasteiger partial charge in [-0.1, -0.05) is 77.1 Å². The molecule has 0 aliphatic carbocycles. The topological polar surface area (TPSA) is 17.8 Å². The predicted molar refractivity (Wildman–Crippen MR) is 135 cm³/mol. The SMILES string of the molecule is C=C(C)Cc1cccc(CC(F)F)c1.CC.CC.Cc1ccc2nc3n(c2c1)CCC3C. The molecule has 4 heteroatoms. The molecule has 1 aromatic heterocycles. The Labute approximate surface area is 193 Å². The molecule has 0 bridgehead atoms. The lowest BCUT2D eigenvalue weighted by Crippen LogP contribution is -1.97. The Bertz CT molecular complexity index is 973. The van der Waals surface area contributed by atoms with Gasteiger partial charge >= 0.3 is 0 Å². The average Bonchev–Trinajstić information content (AvgIpc) is 3.30. The van der Waals surface area contributed by atoms with Crippen molar-refractivity contribution in [2.24, 2.45) is 0 Å². The zero-order valence-corrected chi connectivity index (χ0v) is 20.9. The molecular formula is C28H40F2N2. The maximum atomic E-state index is 12.1. The van der Waals surface area contributed by atoms with Gasteiger partial charge in [-0.2, -0.15) is 0 Å². The summed E-state index contributed by atoms with van der Waals surface area (Å²) in [4.78, 5) is 4.68. The molecule has 0 spiro atoms. The van der Waals surface area contributed by atoms with E-state index in [2.05, 4.69) is 48.2 Å². The van der Waals surface area contributed by atoms with Crippen LogP contribution in [0.4, 0.5) is 8.78 Å². The third-order valence-corrected chi connectivity index (χ3v) is 5.05. The number of allylic oxidation sites excluding steroid dienone is 1. The maximum absolute atomic E-state index is 12.1. The molecule has 1 unspecified atom stereocenters. The third-order valence-electron chi connectivity index (χ3n) is 5.05. The minimum Gasteiger partial charge on any atom is -0.328 e. The van der Waals surface area contributed by atoms with E-state index in [0.29, 0.717) is 11.5 Å². The highest BCUT2D eigenvalue weighted by Gasteiger charge is 2.22. The van der Waals surface area contributed by atoms with Gasteiger partial charge in [-0.15, -0.1) is 0 Å². The molecule has 2 heterocycles. The van der Waals surface area contributed by atoms with Crippen molar-refractivity contribution in [2.45, 2.75) is 86.6 Å². The van der Waals surface area contributed by atoms with Gasteiger partial charge in [0.05, 0.1) is 11.0 Å². The highest BCUT2D eigenvalue weighted by atomic mass is 19.3. The van der Waals surface area contributed by atoms with Crippen molar-refractivity contribution in [1.29, 1.82) is 0 Å². The summed E-state index contributed by atoms with van der Waals surface area (Å²) in [6.07, 6.45) is -0.428. The lowest BCUT2D eigenvalue weighted by Gasteiger charge is -2.04. The fourth-order valence-corrected chi connectivity index (χ4v) is 3.71. The van der Waals surface area contributed by atoms with Crippen LogP contribution in [0.1, 0.15) is 76.4 Å². The van der Waals surface area contributed by atoms with E-state index in [4.69, 9.17) is 0 Å². The molecular weight excluding hydrogens is 402 g/mol. The van der Waals surface area contributed by atoms with Crippen LogP contribution in [0.3, 0.4) is 0 Å². The molecule has 0 N–H and O–H groups in total. The number of aryl methyl sites for hydroxylation is 2. The van der Waals surface area contributed by atoms with Crippen LogP contribution in [-0.4, -0.2) is 16.0 Å². The first-order chi connectivity index (χ1) is 15.3. The van der Waals surface area contributed by atoms with E-state index in [1.165, 1.54) is 23.3 Å². The minimum atomic E-state index is -2.27. The summed E-state index contributed by atoms with van der Waals surface area (Å²) in [6, 6.07) is 13.8. The number of fused-ring (bicyclic) bond motifs is 3. The summed E-state index contributed by atoms with van der Waals surface area (Å²) in [5, 5.41) is 0. The Morgan fingerprint density at radius 3 is 2.38 bits per heavy atom. The van der Waals surface area contributed by atoms with Crippen LogP contribution in [0.15, 0.2) is 54.6 Å². The summed E-state index contributed by atoms with van der Waals surface area (Å²) in [7, 11) is 0. The molecule has 1 atom stereocenters. The van der Waals surface area contributed by atoms with Gasteiger partial charge in [0.25, 0.3) is 0 Å². The average molecular weight is 443 g/mol. The van der Waals surface area contributed by atoms with Gasteiger partial charge in [0.15, 0.2) is 0 Å². The first-order valence-electron chi connectivity index (χ1n) is 11.8. The van der Waals surface area contributed by atoms with Gasteiger partial charge in [0.1, 0.15) is 5.82 Å². The molecule has 2 aromatic carbocycles. The number of benzene rings is 2. The normalized spacial score (nSPS) is 13.9. The molecule has 0 saturated carbocycles. The smallest absolute Gasteiger partial charge is 0.242 e. The molecule has 1 aliphatic heterocycles. The summed E-state index contributed by atoms with van der Waals surface area (Å²) in [5.74, 6) is 1.90. The molecule has 0 saturated heterocycles. The van der Waals surface area contributed by atoms with Crippen molar-refractivity contribution in [2.75, 3.05) is 0 Å². The molecule has 4 rings (SSSR count). The number of halogens is 2. The Balaban J connectivity index is 0.000000277. The van der Waals surface area contributed by atoms with Crippen molar-refractivity contribution in [3.8, 4) is 0 Å². The van der Waals surface area contributed by atoms with Crippen LogP contribution < -0.4 is 0 Å². The predicted octanol–water partition coefficient (Wildman–Crippen LogP) is 8.52. The zero-order valence-electron chi connectivity index (χ0n) is 20.9. The fraction of sp³-hybridized carbons (Fsp3) is 0.464. The Hall–Kier alpha value is -2.49. The Kier molecular flexibility index (Phi) is 11.9.